The molecule has 0 saturated carbocycles. The minimum atomic E-state index is 0.480. The molecule has 66 valence electrons. The molecule has 1 aromatic heterocycles. The molecule has 0 unspecified atom stereocenters. The molecule has 4 heteroatoms. The van der Waals surface area contributed by atoms with Crippen molar-refractivity contribution in [3.8, 4) is 0 Å². The maximum atomic E-state index is 9.76. The average Bonchev–Trinajstić information content (AvgIpc) is 2.57. The standard InChI is InChI=1S/C8H12N2O2/c11-8-12-7-2-1-5-10-6-3-4-9-10/h3-4,6,8H,1-2,5,7H2. The molecule has 0 aliphatic carbocycles. The van der Waals surface area contributed by atoms with Crippen LogP contribution in [0.1, 0.15) is 12.8 Å². The van der Waals surface area contributed by atoms with Gasteiger partial charge < -0.3 is 4.74 Å². The van der Waals surface area contributed by atoms with Crippen LogP contribution in [-0.4, -0.2) is 22.9 Å². The van der Waals surface area contributed by atoms with Gasteiger partial charge in [0.25, 0.3) is 6.47 Å². The first kappa shape index (κ1) is 8.77. The van der Waals surface area contributed by atoms with Crippen molar-refractivity contribution >= 4 is 6.47 Å². The van der Waals surface area contributed by atoms with Gasteiger partial charge in [-0.05, 0) is 18.9 Å². The monoisotopic (exact) mass is 168 g/mol. The second kappa shape index (κ2) is 5.35. The molecule has 0 radical (unpaired) electrons. The van der Waals surface area contributed by atoms with E-state index in [1.54, 1.807) is 6.20 Å². The number of unbranched alkanes of at least 4 members (excludes halogenated alkanes) is 1. The molecule has 0 atom stereocenters. The summed E-state index contributed by atoms with van der Waals surface area (Å²) in [5, 5.41) is 4.04. The number of carbonyl (C=O) groups is 1. The fourth-order valence-electron chi connectivity index (χ4n) is 0.940. The highest BCUT2D eigenvalue weighted by molar-refractivity contribution is 5.36. The fraction of sp³-hybridized carbons (Fsp3) is 0.500. The Kier molecular flexibility index (Phi) is 3.91. The van der Waals surface area contributed by atoms with E-state index in [2.05, 4.69) is 9.84 Å². The van der Waals surface area contributed by atoms with E-state index in [9.17, 15) is 4.79 Å². The summed E-state index contributed by atoms with van der Waals surface area (Å²) in [5.41, 5.74) is 0. The highest BCUT2D eigenvalue weighted by Crippen LogP contribution is 1.93. The van der Waals surface area contributed by atoms with Crippen LogP contribution in [0.3, 0.4) is 0 Å². The van der Waals surface area contributed by atoms with Gasteiger partial charge in [-0.2, -0.15) is 5.10 Å². The molecule has 0 aliphatic heterocycles. The summed E-state index contributed by atoms with van der Waals surface area (Å²) in [6.07, 6.45) is 5.54. The minimum absolute atomic E-state index is 0.480. The molecule has 0 spiro atoms. The first-order valence-electron chi connectivity index (χ1n) is 3.96. The van der Waals surface area contributed by atoms with Crippen LogP contribution in [0.25, 0.3) is 0 Å². The van der Waals surface area contributed by atoms with Crippen LogP contribution in [0, 0.1) is 0 Å². The topological polar surface area (TPSA) is 44.1 Å². The Balaban J connectivity index is 2.00. The Morgan fingerprint density at radius 2 is 2.42 bits per heavy atom. The Morgan fingerprint density at radius 1 is 1.50 bits per heavy atom. The van der Waals surface area contributed by atoms with Gasteiger partial charge in [0.15, 0.2) is 0 Å². The Bertz CT molecular complexity index is 209. The fourth-order valence-corrected chi connectivity index (χ4v) is 0.940. The molecular formula is C8H12N2O2. The maximum absolute atomic E-state index is 9.76. The third-order valence-electron chi connectivity index (χ3n) is 1.53. The number of hydrogen-bond donors (Lipinski definition) is 0. The predicted molar refractivity (Wildman–Crippen MR) is 43.5 cm³/mol. The molecule has 1 rings (SSSR count). The van der Waals surface area contributed by atoms with Crippen molar-refractivity contribution in [2.75, 3.05) is 6.61 Å². The molecule has 1 heterocycles. The molecule has 0 amide bonds. The van der Waals surface area contributed by atoms with Crippen LogP contribution >= 0.6 is 0 Å². The predicted octanol–water partition coefficient (Wildman–Crippen LogP) is 0.836. The lowest BCUT2D eigenvalue weighted by Crippen LogP contribution is -2.00. The van der Waals surface area contributed by atoms with Gasteiger partial charge in [0.1, 0.15) is 0 Å². The van der Waals surface area contributed by atoms with Crippen molar-refractivity contribution in [3.05, 3.63) is 18.5 Å². The molecule has 0 N–H and O–H groups in total. The molecule has 0 bridgehead atoms. The lowest BCUT2D eigenvalue weighted by atomic mass is 10.3. The summed E-state index contributed by atoms with van der Waals surface area (Å²) in [7, 11) is 0. The lowest BCUT2D eigenvalue weighted by Gasteiger charge is -2.00. The van der Waals surface area contributed by atoms with E-state index in [0.717, 1.165) is 19.4 Å². The molecule has 0 aromatic carbocycles. The number of aryl methyl sites for hydroxylation is 1. The number of hydrogen-bond acceptors (Lipinski definition) is 3. The summed E-state index contributed by atoms with van der Waals surface area (Å²) in [6, 6.07) is 1.89. The van der Waals surface area contributed by atoms with Gasteiger partial charge >= 0.3 is 0 Å². The van der Waals surface area contributed by atoms with Crippen molar-refractivity contribution in [1.82, 2.24) is 9.78 Å². The first-order chi connectivity index (χ1) is 5.93. The first-order valence-corrected chi connectivity index (χ1v) is 3.96. The summed E-state index contributed by atoms with van der Waals surface area (Å²) >= 11 is 0. The molecule has 4 nitrogen and oxygen atoms in total. The maximum Gasteiger partial charge on any atom is 0.293 e. The van der Waals surface area contributed by atoms with Crippen molar-refractivity contribution in [3.63, 3.8) is 0 Å². The van der Waals surface area contributed by atoms with E-state index in [1.807, 2.05) is 16.9 Å². The lowest BCUT2D eigenvalue weighted by molar-refractivity contribution is -0.128. The van der Waals surface area contributed by atoms with Gasteiger partial charge in [-0.1, -0.05) is 0 Å². The van der Waals surface area contributed by atoms with Crippen molar-refractivity contribution < 1.29 is 9.53 Å². The number of ether oxygens (including phenoxy) is 1. The molecule has 12 heavy (non-hydrogen) atoms. The van der Waals surface area contributed by atoms with Gasteiger partial charge in [0, 0.05) is 18.9 Å². The number of nitrogens with zero attached hydrogens (tertiary/aromatic N) is 2. The summed E-state index contributed by atoms with van der Waals surface area (Å²) in [5.74, 6) is 0. The SMILES string of the molecule is O=COCCCCn1cccn1. The van der Waals surface area contributed by atoms with Gasteiger partial charge in [-0.15, -0.1) is 0 Å². The molecule has 0 saturated heterocycles. The summed E-state index contributed by atoms with van der Waals surface area (Å²) in [6.45, 7) is 1.87. The zero-order chi connectivity index (χ0) is 8.65. The van der Waals surface area contributed by atoms with Crippen LogP contribution < -0.4 is 0 Å². The molecule has 1 aromatic rings. The highest BCUT2D eigenvalue weighted by Gasteiger charge is 1.90. The third-order valence-corrected chi connectivity index (χ3v) is 1.53. The van der Waals surface area contributed by atoms with Crippen LogP contribution in [0.15, 0.2) is 18.5 Å². The van der Waals surface area contributed by atoms with Crippen molar-refractivity contribution in [2.45, 2.75) is 19.4 Å². The van der Waals surface area contributed by atoms with Gasteiger partial charge in [-0.3, -0.25) is 9.48 Å². The normalized spacial score (nSPS) is 9.67. The smallest absolute Gasteiger partial charge is 0.293 e. The van der Waals surface area contributed by atoms with E-state index in [-0.39, 0.29) is 0 Å². The minimum Gasteiger partial charge on any atom is -0.468 e. The number of carbonyl (C=O) groups excluding carboxylic acids is 1. The van der Waals surface area contributed by atoms with E-state index in [4.69, 9.17) is 0 Å². The van der Waals surface area contributed by atoms with E-state index >= 15 is 0 Å². The number of rotatable bonds is 6. The Labute approximate surface area is 71.1 Å². The van der Waals surface area contributed by atoms with Gasteiger partial charge in [-0.25, -0.2) is 0 Å². The van der Waals surface area contributed by atoms with E-state index in [0.29, 0.717) is 13.1 Å². The van der Waals surface area contributed by atoms with Crippen molar-refractivity contribution in [1.29, 1.82) is 0 Å². The largest absolute Gasteiger partial charge is 0.468 e. The van der Waals surface area contributed by atoms with Crippen LogP contribution in [0.4, 0.5) is 0 Å². The molecular weight excluding hydrogens is 156 g/mol. The second-order valence-electron chi connectivity index (χ2n) is 2.44. The highest BCUT2D eigenvalue weighted by atomic mass is 16.5. The summed E-state index contributed by atoms with van der Waals surface area (Å²) in [4.78, 5) is 9.76. The summed E-state index contributed by atoms with van der Waals surface area (Å²) < 4.78 is 6.40. The Morgan fingerprint density at radius 3 is 3.08 bits per heavy atom. The Hall–Kier alpha value is -1.32. The zero-order valence-electron chi connectivity index (χ0n) is 6.85. The van der Waals surface area contributed by atoms with E-state index < -0.39 is 0 Å². The second-order valence-corrected chi connectivity index (χ2v) is 2.44. The van der Waals surface area contributed by atoms with Crippen LogP contribution in [0.2, 0.25) is 0 Å². The molecule has 0 aliphatic rings. The molecule has 0 fully saturated rings. The number of aromatic nitrogens is 2. The van der Waals surface area contributed by atoms with Crippen molar-refractivity contribution in [2.24, 2.45) is 0 Å². The van der Waals surface area contributed by atoms with Crippen LogP contribution in [-0.2, 0) is 16.1 Å². The average molecular weight is 168 g/mol. The van der Waals surface area contributed by atoms with Crippen LogP contribution in [0.5, 0.6) is 0 Å². The van der Waals surface area contributed by atoms with Gasteiger partial charge in [0.2, 0.25) is 0 Å². The van der Waals surface area contributed by atoms with Gasteiger partial charge in [0.05, 0.1) is 6.61 Å². The quantitative estimate of drug-likeness (QED) is 0.467. The third kappa shape index (κ3) is 3.18. The van der Waals surface area contributed by atoms with E-state index in [1.165, 1.54) is 0 Å². The zero-order valence-corrected chi connectivity index (χ0v) is 6.85.